The Morgan fingerprint density at radius 3 is 2.57 bits per heavy atom. The molecule has 4 heteroatoms. The average molecular weight is 319 g/mol. The van der Waals surface area contributed by atoms with Crippen LogP contribution < -0.4 is 11.1 Å². The monoisotopic (exact) mass is 318 g/mol. The van der Waals surface area contributed by atoms with E-state index >= 15 is 0 Å². The first-order valence-corrected chi connectivity index (χ1v) is 7.74. The van der Waals surface area contributed by atoms with Crippen molar-refractivity contribution in [2.24, 2.45) is 5.73 Å². The largest absolute Gasteiger partial charge is 0.389 e. The van der Waals surface area contributed by atoms with Crippen LogP contribution in [0.5, 0.6) is 0 Å². The van der Waals surface area contributed by atoms with Crippen molar-refractivity contribution in [1.29, 1.82) is 0 Å². The van der Waals surface area contributed by atoms with Crippen LogP contribution in [0.2, 0.25) is 5.02 Å². The normalized spacial score (nSPS) is 11.9. The zero-order valence-electron chi connectivity index (χ0n) is 12.0. The van der Waals surface area contributed by atoms with Gasteiger partial charge in [0, 0.05) is 11.6 Å². The molecule has 21 heavy (non-hydrogen) atoms. The van der Waals surface area contributed by atoms with Gasteiger partial charge in [0.05, 0.1) is 10.7 Å². The van der Waals surface area contributed by atoms with Crippen LogP contribution >= 0.6 is 23.8 Å². The molecule has 0 aromatic heterocycles. The van der Waals surface area contributed by atoms with E-state index in [1.165, 1.54) is 5.56 Å². The van der Waals surface area contributed by atoms with E-state index in [0.717, 1.165) is 24.1 Å². The average Bonchev–Trinajstić information content (AvgIpc) is 2.48. The molecule has 2 nitrogen and oxygen atoms in total. The highest BCUT2D eigenvalue weighted by molar-refractivity contribution is 7.80. The van der Waals surface area contributed by atoms with Crippen molar-refractivity contribution in [3.05, 3.63) is 64.7 Å². The molecule has 110 valence electrons. The molecule has 0 aliphatic rings. The molecule has 0 spiro atoms. The zero-order valence-corrected chi connectivity index (χ0v) is 13.5. The molecule has 0 fully saturated rings. The van der Waals surface area contributed by atoms with Crippen molar-refractivity contribution in [2.45, 2.75) is 25.8 Å². The van der Waals surface area contributed by atoms with Crippen LogP contribution in [0.15, 0.2) is 48.5 Å². The van der Waals surface area contributed by atoms with Gasteiger partial charge in [0.25, 0.3) is 0 Å². The standard InChI is InChI=1S/C17H19ClN2S/c1-12(7-8-13-5-3-2-4-6-13)20-16-10-9-14(17(19)21)11-15(16)18/h2-6,9-12,20H,7-8H2,1H3,(H2,19,21). The lowest BCUT2D eigenvalue weighted by molar-refractivity contribution is 0.706. The van der Waals surface area contributed by atoms with E-state index in [9.17, 15) is 0 Å². The molecule has 1 unspecified atom stereocenters. The first-order valence-electron chi connectivity index (χ1n) is 6.96. The molecule has 1 atom stereocenters. The van der Waals surface area contributed by atoms with Gasteiger partial charge in [0.15, 0.2) is 0 Å². The Morgan fingerprint density at radius 2 is 1.95 bits per heavy atom. The van der Waals surface area contributed by atoms with E-state index in [0.29, 0.717) is 16.1 Å². The number of rotatable bonds is 6. The second-order valence-electron chi connectivity index (χ2n) is 5.13. The number of thiocarbonyl (C=S) groups is 1. The van der Waals surface area contributed by atoms with Gasteiger partial charge in [-0.2, -0.15) is 0 Å². The number of anilines is 1. The minimum atomic E-state index is 0.332. The molecular formula is C17H19ClN2S. The van der Waals surface area contributed by atoms with Gasteiger partial charge in [-0.15, -0.1) is 0 Å². The lowest BCUT2D eigenvalue weighted by atomic mass is 10.1. The van der Waals surface area contributed by atoms with Crippen molar-refractivity contribution in [3.63, 3.8) is 0 Å². The van der Waals surface area contributed by atoms with Crippen LogP contribution in [-0.4, -0.2) is 11.0 Å². The SMILES string of the molecule is CC(CCc1ccccc1)Nc1ccc(C(N)=S)cc1Cl. The number of aryl methyl sites for hydroxylation is 1. The maximum absolute atomic E-state index is 6.26. The Hall–Kier alpha value is -1.58. The summed E-state index contributed by atoms with van der Waals surface area (Å²) in [6.45, 7) is 2.15. The third-order valence-electron chi connectivity index (χ3n) is 3.36. The molecule has 0 amide bonds. The molecule has 0 bridgehead atoms. The molecule has 0 aliphatic carbocycles. The summed E-state index contributed by atoms with van der Waals surface area (Å²) in [5.41, 5.74) is 8.65. The third kappa shape index (κ3) is 4.73. The number of nitrogens with one attached hydrogen (secondary N) is 1. The molecule has 0 heterocycles. The summed E-state index contributed by atoms with van der Waals surface area (Å²) >= 11 is 11.2. The van der Waals surface area contributed by atoms with Gasteiger partial charge in [-0.3, -0.25) is 0 Å². The van der Waals surface area contributed by atoms with E-state index in [4.69, 9.17) is 29.6 Å². The number of benzene rings is 2. The molecule has 0 saturated carbocycles. The first kappa shape index (κ1) is 15.8. The smallest absolute Gasteiger partial charge is 0.104 e. The van der Waals surface area contributed by atoms with E-state index < -0.39 is 0 Å². The first-order chi connectivity index (χ1) is 10.1. The molecule has 0 radical (unpaired) electrons. The van der Waals surface area contributed by atoms with Gasteiger partial charge >= 0.3 is 0 Å². The van der Waals surface area contributed by atoms with Crippen LogP contribution in [-0.2, 0) is 6.42 Å². The van der Waals surface area contributed by atoms with Crippen LogP contribution in [0.4, 0.5) is 5.69 Å². The van der Waals surface area contributed by atoms with E-state index in [1.54, 1.807) is 6.07 Å². The number of hydrogen-bond donors (Lipinski definition) is 2. The van der Waals surface area contributed by atoms with Crippen LogP contribution in [0.1, 0.15) is 24.5 Å². The second kappa shape index (κ2) is 7.43. The topological polar surface area (TPSA) is 38.0 Å². The highest BCUT2D eigenvalue weighted by Crippen LogP contribution is 2.24. The van der Waals surface area contributed by atoms with Crippen molar-refractivity contribution in [2.75, 3.05) is 5.32 Å². The van der Waals surface area contributed by atoms with Crippen molar-refractivity contribution >= 4 is 34.5 Å². The van der Waals surface area contributed by atoms with Crippen LogP contribution in [0.25, 0.3) is 0 Å². The van der Waals surface area contributed by atoms with Gasteiger partial charge in [0.2, 0.25) is 0 Å². The fourth-order valence-electron chi connectivity index (χ4n) is 2.15. The Bertz CT molecular complexity index is 613. The molecule has 2 aromatic rings. The summed E-state index contributed by atoms with van der Waals surface area (Å²) in [6, 6.07) is 16.4. The van der Waals surface area contributed by atoms with Crippen LogP contribution in [0.3, 0.4) is 0 Å². The summed E-state index contributed by atoms with van der Waals surface area (Å²) < 4.78 is 0. The van der Waals surface area contributed by atoms with Gasteiger partial charge in [-0.25, -0.2) is 0 Å². The van der Waals surface area contributed by atoms with E-state index in [-0.39, 0.29) is 0 Å². The molecule has 0 saturated heterocycles. The zero-order chi connectivity index (χ0) is 15.2. The van der Waals surface area contributed by atoms with Gasteiger partial charge in [-0.1, -0.05) is 54.2 Å². The summed E-state index contributed by atoms with van der Waals surface area (Å²) in [4.78, 5) is 0.362. The maximum Gasteiger partial charge on any atom is 0.104 e. The quantitative estimate of drug-likeness (QED) is 0.775. The summed E-state index contributed by atoms with van der Waals surface area (Å²) in [5.74, 6) is 0. The van der Waals surface area contributed by atoms with E-state index in [1.807, 2.05) is 18.2 Å². The van der Waals surface area contributed by atoms with E-state index in [2.05, 4.69) is 36.5 Å². The van der Waals surface area contributed by atoms with Gasteiger partial charge in [-0.05, 0) is 43.5 Å². The molecule has 0 aliphatic heterocycles. The number of halogens is 1. The summed E-state index contributed by atoms with van der Waals surface area (Å²) in [7, 11) is 0. The summed E-state index contributed by atoms with van der Waals surface area (Å²) in [5, 5.41) is 4.08. The Labute approximate surface area is 136 Å². The second-order valence-corrected chi connectivity index (χ2v) is 5.98. The lowest BCUT2D eigenvalue weighted by Crippen LogP contribution is -2.16. The highest BCUT2D eigenvalue weighted by Gasteiger charge is 2.07. The lowest BCUT2D eigenvalue weighted by Gasteiger charge is -2.17. The third-order valence-corrected chi connectivity index (χ3v) is 3.91. The molecule has 2 aromatic carbocycles. The highest BCUT2D eigenvalue weighted by atomic mass is 35.5. The van der Waals surface area contributed by atoms with Crippen molar-refractivity contribution in [3.8, 4) is 0 Å². The minimum Gasteiger partial charge on any atom is -0.389 e. The van der Waals surface area contributed by atoms with Gasteiger partial charge in [0.1, 0.15) is 4.99 Å². The number of hydrogen-bond acceptors (Lipinski definition) is 2. The van der Waals surface area contributed by atoms with Gasteiger partial charge < -0.3 is 11.1 Å². The Kier molecular flexibility index (Phi) is 5.59. The van der Waals surface area contributed by atoms with Crippen LogP contribution in [0, 0.1) is 0 Å². The fourth-order valence-corrected chi connectivity index (χ4v) is 2.51. The molecule has 2 rings (SSSR count). The fraction of sp³-hybridized carbons (Fsp3) is 0.235. The predicted molar refractivity (Wildman–Crippen MR) is 95.2 cm³/mol. The Balaban J connectivity index is 1.93. The molecular weight excluding hydrogens is 300 g/mol. The minimum absolute atomic E-state index is 0.332. The van der Waals surface area contributed by atoms with Crippen molar-refractivity contribution in [1.82, 2.24) is 0 Å². The summed E-state index contributed by atoms with van der Waals surface area (Å²) in [6.07, 6.45) is 2.08. The Morgan fingerprint density at radius 1 is 1.24 bits per heavy atom. The van der Waals surface area contributed by atoms with Crippen molar-refractivity contribution < 1.29 is 0 Å². The molecule has 3 N–H and O–H groups in total. The maximum atomic E-state index is 6.26. The predicted octanol–water partition coefficient (Wildman–Crippen LogP) is 4.41. The number of nitrogens with two attached hydrogens (primary N) is 1.